The van der Waals surface area contributed by atoms with Crippen LogP contribution in [0, 0.1) is 13.8 Å². The van der Waals surface area contributed by atoms with Crippen molar-refractivity contribution >= 4 is 22.4 Å². The topological polar surface area (TPSA) is 42.7 Å². The van der Waals surface area contributed by atoms with Gasteiger partial charge >= 0.3 is 0 Å². The second kappa shape index (κ2) is 6.71. The number of rotatable bonds is 3. The molecule has 0 radical (unpaired) electrons. The number of aryl methyl sites for hydroxylation is 2. The molecule has 4 nitrogen and oxygen atoms in total. The Kier molecular flexibility index (Phi) is 4.65. The average molecular weight is 327 g/mol. The predicted octanol–water partition coefficient (Wildman–Crippen LogP) is 4.47. The van der Waals surface area contributed by atoms with E-state index in [-0.39, 0.29) is 5.91 Å². The fourth-order valence-corrected chi connectivity index (χ4v) is 3.32. The lowest BCUT2D eigenvalue weighted by Crippen LogP contribution is -2.34. The van der Waals surface area contributed by atoms with Crippen LogP contribution in [0.25, 0.3) is 16.5 Å². The van der Waals surface area contributed by atoms with Gasteiger partial charge in [-0.2, -0.15) is 0 Å². The summed E-state index contributed by atoms with van der Waals surface area (Å²) in [4.78, 5) is 14.4. The summed E-state index contributed by atoms with van der Waals surface area (Å²) in [5.41, 5.74) is 3.81. The molecule has 2 aromatic rings. The van der Waals surface area contributed by atoms with E-state index in [4.69, 9.17) is 9.15 Å². The third-order valence-electron chi connectivity index (χ3n) is 4.93. The van der Waals surface area contributed by atoms with Gasteiger partial charge in [-0.3, -0.25) is 4.79 Å². The largest absolute Gasteiger partial charge is 0.496 e. The van der Waals surface area contributed by atoms with Crippen LogP contribution in [0.15, 0.2) is 22.6 Å². The summed E-state index contributed by atoms with van der Waals surface area (Å²) in [7, 11) is 1.65. The molecule has 0 atom stereocenters. The number of piperidine rings is 1. The van der Waals surface area contributed by atoms with E-state index in [0.29, 0.717) is 0 Å². The molecule has 2 heterocycles. The molecule has 0 bridgehead atoms. The molecule has 0 aliphatic carbocycles. The Balaban J connectivity index is 1.98. The van der Waals surface area contributed by atoms with Crippen LogP contribution in [0.2, 0.25) is 0 Å². The van der Waals surface area contributed by atoms with E-state index in [0.717, 1.165) is 65.1 Å². The summed E-state index contributed by atoms with van der Waals surface area (Å²) in [6, 6.07) is 3.97. The first-order chi connectivity index (χ1) is 11.5. The van der Waals surface area contributed by atoms with E-state index in [2.05, 4.69) is 13.0 Å². The zero-order chi connectivity index (χ0) is 17.3. The maximum absolute atomic E-state index is 12.5. The number of methoxy groups -OCH3 is 1. The quantitative estimate of drug-likeness (QED) is 0.781. The van der Waals surface area contributed by atoms with Gasteiger partial charge in [0.1, 0.15) is 17.1 Å². The number of ether oxygens (including phenoxy) is 1. The zero-order valence-corrected chi connectivity index (χ0v) is 14.9. The predicted molar refractivity (Wildman–Crippen MR) is 96.3 cm³/mol. The molecule has 1 aliphatic rings. The zero-order valence-electron chi connectivity index (χ0n) is 14.9. The van der Waals surface area contributed by atoms with Crippen LogP contribution in [-0.4, -0.2) is 31.0 Å². The highest BCUT2D eigenvalue weighted by Gasteiger charge is 2.17. The first-order valence-corrected chi connectivity index (χ1v) is 8.56. The molecule has 1 aromatic heterocycles. The van der Waals surface area contributed by atoms with Gasteiger partial charge in [0.05, 0.1) is 7.11 Å². The van der Waals surface area contributed by atoms with Gasteiger partial charge in [0.15, 0.2) is 0 Å². The molecule has 0 saturated carbocycles. The SMILES string of the molecule is COc1cc2oc(C)c(C)c2cc1/C(C)=C/C(=O)N1CCCCC1. The Morgan fingerprint density at radius 2 is 1.92 bits per heavy atom. The average Bonchev–Trinajstić information content (AvgIpc) is 2.88. The van der Waals surface area contributed by atoms with Gasteiger partial charge in [-0.15, -0.1) is 0 Å². The number of furan rings is 1. The summed E-state index contributed by atoms with van der Waals surface area (Å²) >= 11 is 0. The third-order valence-corrected chi connectivity index (χ3v) is 4.93. The van der Waals surface area contributed by atoms with Gasteiger partial charge in [0.2, 0.25) is 5.91 Å². The van der Waals surface area contributed by atoms with Crippen molar-refractivity contribution in [1.29, 1.82) is 0 Å². The van der Waals surface area contributed by atoms with E-state index in [1.807, 2.05) is 24.8 Å². The number of amides is 1. The summed E-state index contributed by atoms with van der Waals surface area (Å²) in [6.45, 7) is 7.70. The lowest BCUT2D eigenvalue weighted by Gasteiger charge is -2.25. The third kappa shape index (κ3) is 3.05. The molecular formula is C20H25NO3. The molecule has 3 rings (SSSR count). The van der Waals surface area contributed by atoms with Gasteiger partial charge in [0, 0.05) is 36.2 Å². The maximum atomic E-state index is 12.5. The Hall–Kier alpha value is -2.23. The number of hydrogen-bond donors (Lipinski definition) is 0. The Labute approximate surface area is 143 Å². The minimum atomic E-state index is 0.0921. The van der Waals surface area contributed by atoms with Gasteiger partial charge in [-0.25, -0.2) is 0 Å². The molecular weight excluding hydrogens is 302 g/mol. The number of fused-ring (bicyclic) bond motifs is 1. The van der Waals surface area contributed by atoms with Gasteiger partial charge in [-0.1, -0.05) is 0 Å². The van der Waals surface area contributed by atoms with Gasteiger partial charge < -0.3 is 14.1 Å². The summed E-state index contributed by atoms with van der Waals surface area (Å²) in [6.07, 6.45) is 5.15. The highest BCUT2D eigenvalue weighted by molar-refractivity contribution is 5.97. The smallest absolute Gasteiger partial charge is 0.246 e. The number of nitrogens with zero attached hydrogens (tertiary/aromatic N) is 1. The molecule has 0 unspecified atom stereocenters. The first kappa shape index (κ1) is 16.6. The highest BCUT2D eigenvalue weighted by Crippen LogP contribution is 2.34. The van der Waals surface area contributed by atoms with Crippen LogP contribution in [0.1, 0.15) is 43.1 Å². The van der Waals surface area contributed by atoms with Crippen molar-refractivity contribution in [2.45, 2.75) is 40.0 Å². The van der Waals surface area contributed by atoms with Crippen LogP contribution >= 0.6 is 0 Å². The minimum absolute atomic E-state index is 0.0921. The van der Waals surface area contributed by atoms with E-state index < -0.39 is 0 Å². The molecule has 1 aromatic carbocycles. The van der Waals surface area contributed by atoms with E-state index in [1.54, 1.807) is 13.2 Å². The second-order valence-corrected chi connectivity index (χ2v) is 6.55. The van der Waals surface area contributed by atoms with Crippen LogP contribution in [0.5, 0.6) is 5.75 Å². The van der Waals surface area contributed by atoms with Crippen LogP contribution in [0.4, 0.5) is 0 Å². The van der Waals surface area contributed by atoms with Crippen LogP contribution in [0.3, 0.4) is 0 Å². The van der Waals surface area contributed by atoms with E-state index >= 15 is 0 Å². The fourth-order valence-electron chi connectivity index (χ4n) is 3.32. The van der Waals surface area contributed by atoms with Crippen molar-refractivity contribution in [2.24, 2.45) is 0 Å². The molecule has 0 N–H and O–H groups in total. The molecule has 1 saturated heterocycles. The molecule has 24 heavy (non-hydrogen) atoms. The van der Waals surface area contributed by atoms with Crippen LogP contribution < -0.4 is 4.74 Å². The lowest BCUT2D eigenvalue weighted by molar-refractivity contribution is -0.126. The normalized spacial score (nSPS) is 15.8. The molecule has 1 fully saturated rings. The number of likely N-dealkylation sites (tertiary alicyclic amines) is 1. The maximum Gasteiger partial charge on any atom is 0.246 e. The molecule has 1 aliphatic heterocycles. The summed E-state index contributed by atoms with van der Waals surface area (Å²) in [5, 5.41) is 1.07. The summed E-state index contributed by atoms with van der Waals surface area (Å²) in [5.74, 6) is 1.74. The van der Waals surface area contributed by atoms with Crippen molar-refractivity contribution < 1.29 is 13.9 Å². The highest BCUT2D eigenvalue weighted by atomic mass is 16.5. The van der Waals surface area contributed by atoms with Gasteiger partial charge in [0.25, 0.3) is 0 Å². The van der Waals surface area contributed by atoms with Crippen LogP contribution in [-0.2, 0) is 4.79 Å². The van der Waals surface area contributed by atoms with Crippen molar-refractivity contribution in [1.82, 2.24) is 4.90 Å². The fraction of sp³-hybridized carbons (Fsp3) is 0.450. The Morgan fingerprint density at radius 1 is 1.21 bits per heavy atom. The van der Waals surface area contributed by atoms with Crippen molar-refractivity contribution in [3.63, 3.8) is 0 Å². The monoisotopic (exact) mass is 327 g/mol. The van der Waals surface area contributed by atoms with E-state index in [9.17, 15) is 4.79 Å². The number of allylic oxidation sites excluding steroid dienone is 1. The standard InChI is InChI=1S/C20H25NO3/c1-13(10-20(22)21-8-6-5-7-9-21)16-11-17-14(2)15(3)24-19(17)12-18(16)23-4/h10-12H,5-9H2,1-4H3/b13-10+. The van der Waals surface area contributed by atoms with Crippen molar-refractivity contribution in [3.8, 4) is 5.75 Å². The van der Waals surface area contributed by atoms with Crippen molar-refractivity contribution in [3.05, 3.63) is 35.1 Å². The number of benzene rings is 1. The first-order valence-electron chi connectivity index (χ1n) is 8.56. The van der Waals surface area contributed by atoms with E-state index in [1.165, 1.54) is 6.42 Å². The molecule has 4 heteroatoms. The molecule has 1 amide bonds. The second-order valence-electron chi connectivity index (χ2n) is 6.55. The lowest BCUT2D eigenvalue weighted by atomic mass is 10.0. The van der Waals surface area contributed by atoms with Gasteiger partial charge in [-0.05, 0) is 57.2 Å². The Bertz CT molecular complexity index is 795. The Morgan fingerprint density at radius 3 is 2.58 bits per heavy atom. The number of hydrogen-bond acceptors (Lipinski definition) is 3. The van der Waals surface area contributed by atoms with Crippen molar-refractivity contribution in [2.75, 3.05) is 20.2 Å². The number of carbonyl (C=O) groups is 1. The minimum Gasteiger partial charge on any atom is -0.496 e. The molecule has 0 spiro atoms. The summed E-state index contributed by atoms with van der Waals surface area (Å²) < 4.78 is 11.3. The number of carbonyl (C=O) groups excluding carboxylic acids is 1. The molecule has 128 valence electrons.